The van der Waals surface area contributed by atoms with Gasteiger partial charge in [0.2, 0.25) is 0 Å². The van der Waals surface area contributed by atoms with Crippen LogP contribution in [-0.4, -0.2) is 48.2 Å². The molecule has 2 fully saturated rings. The fourth-order valence-electron chi connectivity index (χ4n) is 4.17. The summed E-state index contributed by atoms with van der Waals surface area (Å²) in [6.07, 6.45) is 2.39. The van der Waals surface area contributed by atoms with Gasteiger partial charge in [-0.3, -0.25) is 0 Å². The molecule has 0 saturated carbocycles. The summed E-state index contributed by atoms with van der Waals surface area (Å²) in [5.41, 5.74) is 2.35. The lowest BCUT2D eigenvalue weighted by Crippen LogP contribution is -2.32. The molecule has 27 heavy (non-hydrogen) atoms. The van der Waals surface area contributed by atoms with Gasteiger partial charge < -0.3 is 20.4 Å². The molecule has 2 aromatic rings. The Morgan fingerprint density at radius 1 is 0.926 bits per heavy atom. The number of aromatic nitrogens is 2. The van der Waals surface area contributed by atoms with E-state index in [0.717, 1.165) is 48.0 Å². The molecule has 142 valence electrons. The van der Waals surface area contributed by atoms with Crippen LogP contribution in [0.1, 0.15) is 12.8 Å². The van der Waals surface area contributed by atoms with Gasteiger partial charge in [-0.15, -0.1) is 0 Å². The number of hydrogen-bond donors (Lipinski definition) is 2. The summed E-state index contributed by atoms with van der Waals surface area (Å²) in [6, 6.07) is 7.05. The second kappa shape index (κ2) is 6.87. The van der Waals surface area contributed by atoms with Gasteiger partial charge in [0.05, 0.1) is 15.8 Å². The minimum Gasteiger partial charge on any atom is -0.366 e. The van der Waals surface area contributed by atoms with Gasteiger partial charge in [0.1, 0.15) is 10.3 Å². The van der Waals surface area contributed by atoms with Crippen LogP contribution in [0.4, 0.5) is 23.0 Å². The zero-order chi connectivity index (χ0) is 18.5. The third-order valence-electron chi connectivity index (χ3n) is 5.49. The predicted molar refractivity (Wildman–Crippen MR) is 115 cm³/mol. The fraction of sp³-hybridized carbons (Fsp3) is 0.444. The SMILES string of the molecule is Clc1ccc2c(n1)N[C@H]1CCN2C1.Clc1nc2c(cc1Br)N1CC[C@@H](C1)N2. The van der Waals surface area contributed by atoms with E-state index in [1.54, 1.807) is 0 Å². The highest BCUT2D eigenvalue weighted by atomic mass is 79.9. The van der Waals surface area contributed by atoms with Crippen LogP contribution < -0.4 is 20.4 Å². The van der Waals surface area contributed by atoms with Crippen LogP contribution in [-0.2, 0) is 0 Å². The van der Waals surface area contributed by atoms with E-state index in [1.165, 1.54) is 18.5 Å². The fourth-order valence-corrected chi connectivity index (χ4v) is 4.77. The lowest BCUT2D eigenvalue weighted by Gasteiger charge is -2.27. The summed E-state index contributed by atoms with van der Waals surface area (Å²) >= 11 is 15.2. The lowest BCUT2D eigenvalue weighted by molar-refractivity contribution is 0.788. The van der Waals surface area contributed by atoms with Crippen LogP contribution in [0, 0.1) is 0 Å². The summed E-state index contributed by atoms with van der Waals surface area (Å²) in [5.74, 6) is 1.87. The van der Waals surface area contributed by atoms with Crippen molar-refractivity contribution >= 4 is 62.1 Å². The van der Waals surface area contributed by atoms with Gasteiger partial charge in [0, 0.05) is 38.3 Å². The maximum atomic E-state index is 5.94. The second-order valence-corrected chi connectivity index (χ2v) is 8.88. The zero-order valence-corrected chi connectivity index (χ0v) is 17.6. The molecule has 0 aliphatic carbocycles. The van der Waals surface area contributed by atoms with Gasteiger partial charge in [-0.1, -0.05) is 23.2 Å². The number of pyridine rings is 2. The zero-order valence-electron chi connectivity index (χ0n) is 14.6. The molecule has 0 spiro atoms. The van der Waals surface area contributed by atoms with Crippen LogP contribution in [0.3, 0.4) is 0 Å². The van der Waals surface area contributed by atoms with Gasteiger partial charge in [-0.2, -0.15) is 0 Å². The Kier molecular flexibility index (Phi) is 4.49. The molecule has 6 nitrogen and oxygen atoms in total. The Morgan fingerprint density at radius 3 is 2.26 bits per heavy atom. The molecular formula is C18H19BrCl2N6. The monoisotopic (exact) mass is 468 g/mol. The maximum absolute atomic E-state index is 5.94. The van der Waals surface area contributed by atoms with E-state index in [0.29, 0.717) is 22.4 Å². The molecular weight excluding hydrogens is 451 g/mol. The number of fused-ring (bicyclic) bond motifs is 8. The summed E-state index contributed by atoms with van der Waals surface area (Å²) in [5, 5.41) is 7.88. The van der Waals surface area contributed by atoms with Crippen molar-refractivity contribution in [1.82, 2.24) is 9.97 Å². The standard InChI is InChI=1S/C9H9BrClN3.C9H10ClN3/c10-6-3-7-9(13-8(6)11)12-5-1-2-14(7)4-5;10-8-2-1-7-9(12-8)11-6-3-4-13(7)5-6/h3,5H,1-2,4H2,(H,12,13);1-2,6H,3-5H2,(H,11,12)/t5-;6-/m00/s1. The van der Waals surface area contributed by atoms with Crippen LogP contribution in [0.2, 0.25) is 10.3 Å². The van der Waals surface area contributed by atoms with Gasteiger partial charge in [-0.05, 0) is 47.0 Å². The van der Waals surface area contributed by atoms with Gasteiger partial charge in [0.25, 0.3) is 0 Å². The molecule has 4 bridgehead atoms. The van der Waals surface area contributed by atoms with E-state index in [9.17, 15) is 0 Å². The highest BCUT2D eigenvalue weighted by Gasteiger charge is 2.31. The van der Waals surface area contributed by atoms with Gasteiger partial charge in [0.15, 0.2) is 11.6 Å². The van der Waals surface area contributed by atoms with Crippen molar-refractivity contribution in [3.63, 3.8) is 0 Å². The number of anilines is 4. The molecule has 0 radical (unpaired) electrons. The van der Waals surface area contributed by atoms with Crippen molar-refractivity contribution in [1.29, 1.82) is 0 Å². The Morgan fingerprint density at radius 2 is 1.56 bits per heavy atom. The molecule has 4 aliphatic rings. The number of hydrogen-bond acceptors (Lipinski definition) is 6. The van der Waals surface area contributed by atoms with E-state index in [-0.39, 0.29) is 0 Å². The largest absolute Gasteiger partial charge is 0.366 e. The molecule has 0 aromatic carbocycles. The van der Waals surface area contributed by atoms with Crippen LogP contribution >= 0.6 is 39.1 Å². The highest BCUT2D eigenvalue weighted by molar-refractivity contribution is 9.10. The molecule has 2 aromatic heterocycles. The van der Waals surface area contributed by atoms with Crippen molar-refractivity contribution in [3.8, 4) is 0 Å². The average Bonchev–Trinajstić information content (AvgIpc) is 3.22. The van der Waals surface area contributed by atoms with E-state index >= 15 is 0 Å². The van der Waals surface area contributed by atoms with Crippen LogP contribution in [0.5, 0.6) is 0 Å². The predicted octanol–water partition coefficient (Wildman–Crippen LogP) is 4.24. The normalized spacial score (nSPS) is 23.7. The first-order valence-electron chi connectivity index (χ1n) is 9.12. The third kappa shape index (κ3) is 3.30. The first-order chi connectivity index (χ1) is 13.1. The first-order valence-corrected chi connectivity index (χ1v) is 10.7. The summed E-state index contributed by atoms with van der Waals surface area (Å²) in [4.78, 5) is 13.3. The number of rotatable bonds is 0. The topological polar surface area (TPSA) is 56.3 Å². The molecule has 4 aliphatic heterocycles. The molecule has 2 atom stereocenters. The minimum atomic E-state index is 0.527. The molecule has 2 saturated heterocycles. The molecule has 0 unspecified atom stereocenters. The summed E-state index contributed by atoms with van der Waals surface area (Å²) < 4.78 is 0.866. The minimum absolute atomic E-state index is 0.527. The molecule has 9 heteroatoms. The Hall–Kier alpha value is -1.44. The van der Waals surface area contributed by atoms with Crippen LogP contribution in [0.25, 0.3) is 0 Å². The van der Waals surface area contributed by atoms with E-state index in [4.69, 9.17) is 23.2 Å². The quantitative estimate of drug-likeness (QED) is 0.562. The Bertz CT molecular complexity index is 894. The van der Waals surface area contributed by atoms with Crippen molar-refractivity contribution in [2.24, 2.45) is 0 Å². The van der Waals surface area contributed by atoms with Crippen molar-refractivity contribution in [2.75, 3.05) is 46.6 Å². The van der Waals surface area contributed by atoms with Crippen molar-refractivity contribution in [3.05, 3.63) is 33.0 Å². The smallest absolute Gasteiger partial charge is 0.151 e. The molecule has 0 amide bonds. The van der Waals surface area contributed by atoms with Gasteiger partial charge >= 0.3 is 0 Å². The van der Waals surface area contributed by atoms with Crippen molar-refractivity contribution in [2.45, 2.75) is 24.9 Å². The lowest BCUT2D eigenvalue weighted by atomic mass is 10.2. The maximum Gasteiger partial charge on any atom is 0.151 e. The molecule has 6 rings (SSSR count). The summed E-state index contributed by atoms with van der Waals surface area (Å²) in [6.45, 7) is 4.44. The van der Waals surface area contributed by atoms with Gasteiger partial charge in [-0.25, -0.2) is 9.97 Å². The third-order valence-corrected chi connectivity index (χ3v) is 6.82. The Labute approximate surface area is 176 Å². The first kappa shape index (κ1) is 17.6. The average molecular weight is 470 g/mol. The number of nitrogens with one attached hydrogen (secondary N) is 2. The number of halogens is 3. The van der Waals surface area contributed by atoms with E-state index in [2.05, 4.69) is 46.3 Å². The summed E-state index contributed by atoms with van der Waals surface area (Å²) in [7, 11) is 0. The van der Waals surface area contributed by atoms with Crippen LogP contribution in [0.15, 0.2) is 22.7 Å². The van der Waals surface area contributed by atoms with Crippen molar-refractivity contribution < 1.29 is 0 Å². The Balaban J connectivity index is 0.000000119. The highest BCUT2D eigenvalue weighted by Crippen LogP contribution is 2.38. The molecule has 6 heterocycles. The number of nitrogens with zero attached hydrogens (tertiary/aromatic N) is 4. The van der Waals surface area contributed by atoms with E-state index < -0.39 is 0 Å². The second-order valence-electron chi connectivity index (χ2n) is 7.28. The van der Waals surface area contributed by atoms with E-state index in [1.807, 2.05) is 18.2 Å². The molecule has 2 N–H and O–H groups in total.